The number of amides is 1. The Kier molecular flexibility index (Phi) is 4.14. The van der Waals surface area contributed by atoms with Gasteiger partial charge in [-0.25, -0.2) is 4.79 Å². The number of carbonyl (C=O) groups excluding carboxylic acids is 1. The average Bonchev–Trinajstić information content (AvgIpc) is 2.90. The van der Waals surface area contributed by atoms with Gasteiger partial charge in [0.1, 0.15) is 5.75 Å². The van der Waals surface area contributed by atoms with E-state index in [0.717, 1.165) is 6.07 Å². The number of carbonyl (C=O) groups is 2. The van der Waals surface area contributed by atoms with Crippen LogP contribution in [0.15, 0.2) is 24.4 Å². The minimum atomic E-state index is -1.17. The monoisotopic (exact) mass is 291 g/mol. The van der Waals surface area contributed by atoms with Gasteiger partial charge in [0.2, 0.25) is 0 Å². The number of aromatic carboxylic acids is 1. The van der Waals surface area contributed by atoms with E-state index in [1.54, 1.807) is 0 Å². The molecule has 1 aromatic heterocycles. The summed E-state index contributed by atoms with van der Waals surface area (Å²) in [6.07, 6.45) is 1.40. The van der Waals surface area contributed by atoms with Crippen molar-refractivity contribution in [2.24, 2.45) is 5.73 Å². The number of hydrogen-bond acceptors (Lipinski definition) is 6. The maximum absolute atomic E-state index is 11.9. The Morgan fingerprint density at radius 3 is 2.81 bits per heavy atom. The first-order chi connectivity index (χ1) is 10.0. The van der Waals surface area contributed by atoms with Crippen molar-refractivity contribution in [1.82, 2.24) is 15.0 Å². The lowest BCUT2D eigenvalue weighted by atomic mass is 10.2. The third-order valence-electron chi connectivity index (χ3n) is 2.62. The van der Waals surface area contributed by atoms with Crippen molar-refractivity contribution in [3.63, 3.8) is 0 Å². The van der Waals surface area contributed by atoms with E-state index in [0.29, 0.717) is 13.1 Å². The maximum atomic E-state index is 11.9. The molecule has 2 rings (SSSR count). The fourth-order valence-electron chi connectivity index (χ4n) is 1.60. The topological polar surface area (TPSA) is 143 Å². The summed E-state index contributed by atoms with van der Waals surface area (Å²) in [4.78, 5) is 22.8. The summed E-state index contributed by atoms with van der Waals surface area (Å²) in [5.74, 6) is -2.03. The number of phenols is 1. The second-order valence-corrected chi connectivity index (χ2v) is 4.15. The Morgan fingerprint density at radius 1 is 1.38 bits per heavy atom. The van der Waals surface area contributed by atoms with Crippen LogP contribution in [-0.4, -0.2) is 43.6 Å². The van der Waals surface area contributed by atoms with E-state index in [2.05, 4.69) is 15.6 Å². The van der Waals surface area contributed by atoms with Crippen LogP contribution in [0, 0.1) is 0 Å². The van der Waals surface area contributed by atoms with Crippen LogP contribution < -0.4 is 11.1 Å². The highest BCUT2D eigenvalue weighted by Crippen LogP contribution is 2.24. The molecule has 0 aliphatic carbocycles. The number of rotatable bonds is 5. The van der Waals surface area contributed by atoms with Crippen molar-refractivity contribution in [3.8, 4) is 5.75 Å². The zero-order valence-corrected chi connectivity index (χ0v) is 10.9. The van der Waals surface area contributed by atoms with Crippen molar-refractivity contribution < 1.29 is 19.8 Å². The number of hydrogen-bond donors (Lipinski definition) is 4. The summed E-state index contributed by atoms with van der Waals surface area (Å²) in [5, 5.41) is 28.3. The largest absolute Gasteiger partial charge is 0.506 e. The highest BCUT2D eigenvalue weighted by Gasteiger charge is 2.14. The molecule has 9 heteroatoms. The van der Waals surface area contributed by atoms with Gasteiger partial charge in [0.15, 0.2) is 5.69 Å². The number of phenolic OH excluding ortho intramolecular Hbond substituents is 1. The van der Waals surface area contributed by atoms with E-state index in [1.165, 1.54) is 23.0 Å². The van der Waals surface area contributed by atoms with Crippen molar-refractivity contribution in [2.45, 2.75) is 6.54 Å². The molecule has 0 bridgehead atoms. The zero-order valence-electron chi connectivity index (χ0n) is 10.9. The standard InChI is InChI=1S/C12H13N5O4/c13-3-4-17-6-9(15-16-17)11(19)14-8-5-7(12(20)21)1-2-10(8)18/h1-2,5-6,18H,3-4,13H2,(H,14,19)(H,20,21). The highest BCUT2D eigenvalue weighted by molar-refractivity contribution is 6.04. The second kappa shape index (κ2) is 6.01. The van der Waals surface area contributed by atoms with Gasteiger partial charge in [-0.15, -0.1) is 5.10 Å². The number of carboxylic acids is 1. The van der Waals surface area contributed by atoms with E-state index in [1.807, 2.05) is 0 Å². The zero-order chi connectivity index (χ0) is 15.4. The minimum absolute atomic E-state index is 0.0201. The number of benzene rings is 1. The van der Waals surface area contributed by atoms with Gasteiger partial charge < -0.3 is 21.3 Å². The fourth-order valence-corrected chi connectivity index (χ4v) is 1.60. The summed E-state index contributed by atoms with van der Waals surface area (Å²) >= 11 is 0. The lowest BCUT2D eigenvalue weighted by Gasteiger charge is -2.06. The Balaban J connectivity index is 2.18. The highest BCUT2D eigenvalue weighted by atomic mass is 16.4. The summed E-state index contributed by atoms with van der Waals surface area (Å²) < 4.78 is 1.41. The number of aromatic hydroxyl groups is 1. The summed E-state index contributed by atoms with van der Waals surface area (Å²) in [6, 6.07) is 3.56. The van der Waals surface area contributed by atoms with Gasteiger partial charge in [0.25, 0.3) is 5.91 Å². The number of carboxylic acid groups (broad SMARTS) is 1. The number of nitrogens with zero attached hydrogens (tertiary/aromatic N) is 3. The van der Waals surface area contributed by atoms with Crippen LogP contribution in [0.5, 0.6) is 5.75 Å². The molecule has 0 aliphatic heterocycles. The molecular weight excluding hydrogens is 278 g/mol. The molecule has 5 N–H and O–H groups in total. The van der Waals surface area contributed by atoms with Gasteiger partial charge in [-0.3, -0.25) is 9.48 Å². The van der Waals surface area contributed by atoms with E-state index < -0.39 is 11.9 Å². The molecule has 1 aromatic carbocycles. The lowest BCUT2D eigenvalue weighted by molar-refractivity contribution is 0.0696. The maximum Gasteiger partial charge on any atom is 0.335 e. The molecule has 0 radical (unpaired) electrons. The first-order valence-corrected chi connectivity index (χ1v) is 5.99. The van der Waals surface area contributed by atoms with Crippen LogP contribution in [0.1, 0.15) is 20.8 Å². The van der Waals surface area contributed by atoms with Gasteiger partial charge in [-0.2, -0.15) is 0 Å². The van der Waals surface area contributed by atoms with Crippen LogP contribution in [-0.2, 0) is 6.54 Å². The Hall–Kier alpha value is -2.94. The molecule has 110 valence electrons. The van der Waals surface area contributed by atoms with Gasteiger partial charge in [-0.05, 0) is 18.2 Å². The van der Waals surface area contributed by atoms with Crippen LogP contribution in [0.3, 0.4) is 0 Å². The number of aromatic nitrogens is 3. The van der Waals surface area contributed by atoms with E-state index in [-0.39, 0.29) is 22.7 Å². The van der Waals surface area contributed by atoms with Crippen molar-refractivity contribution in [2.75, 3.05) is 11.9 Å². The van der Waals surface area contributed by atoms with Crippen LogP contribution in [0.2, 0.25) is 0 Å². The van der Waals surface area contributed by atoms with Crippen LogP contribution >= 0.6 is 0 Å². The molecule has 9 nitrogen and oxygen atoms in total. The Morgan fingerprint density at radius 2 is 2.14 bits per heavy atom. The van der Waals surface area contributed by atoms with Gasteiger partial charge in [0, 0.05) is 6.54 Å². The SMILES string of the molecule is NCCn1cc(C(=O)Nc2cc(C(=O)O)ccc2O)nn1. The Bertz CT molecular complexity index is 682. The van der Waals surface area contributed by atoms with Crippen molar-refractivity contribution in [3.05, 3.63) is 35.7 Å². The first-order valence-electron chi connectivity index (χ1n) is 5.99. The molecule has 0 saturated heterocycles. The van der Waals surface area contributed by atoms with Crippen molar-refractivity contribution in [1.29, 1.82) is 0 Å². The molecule has 0 aliphatic rings. The lowest BCUT2D eigenvalue weighted by Crippen LogP contribution is -2.13. The molecule has 0 saturated carbocycles. The van der Waals surface area contributed by atoms with Crippen LogP contribution in [0.25, 0.3) is 0 Å². The minimum Gasteiger partial charge on any atom is -0.506 e. The third-order valence-corrected chi connectivity index (χ3v) is 2.62. The quantitative estimate of drug-likeness (QED) is 0.563. The van der Waals surface area contributed by atoms with E-state index in [9.17, 15) is 14.7 Å². The predicted molar refractivity (Wildman–Crippen MR) is 72.1 cm³/mol. The van der Waals surface area contributed by atoms with Crippen LogP contribution in [0.4, 0.5) is 5.69 Å². The fraction of sp³-hybridized carbons (Fsp3) is 0.167. The molecule has 1 heterocycles. The second-order valence-electron chi connectivity index (χ2n) is 4.15. The molecule has 0 unspecified atom stereocenters. The first kappa shape index (κ1) is 14.5. The van der Waals surface area contributed by atoms with Gasteiger partial charge in [0.05, 0.1) is 24.0 Å². The van der Waals surface area contributed by atoms with E-state index in [4.69, 9.17) is 10.8 Å². The molecule has 2 aromatic rings. The smallest absolute Gasteiger partial charge is 0.335 e. The average molecular weight is 291 g/mol. The summed E-state index contributed by atoms with van der Waals surface area (Å²) in [7, 11) is 0. The van der Waals surface area contributed by atoms with Gasteiger partial charge >= 0.3 is 5.97 Å². The number of anilines is 1. The molecule has 1 amide bonds. The number of nitrogens with one attached hydrogen (secondary N) is 1. The molecular formula is C12H13N5O4. The van der Waals surface area contributed by atoms with Crippen molar-refractivity contribution >= 4 is 17.6 Å². The number of nitrogens with two attached hydrogens (primary N) is 1. The van der Waals surface area contributed by atoms with E-state index >= 15 is 0 Å². The molecule has 0 spiro atoms. The molecule has 0 fully saturated rings. The summed E-state index contributed by atoms with van der Waals surface area (Å²) in [6.45, 7) is 0.770. The third kappa shape index (κ3) is 3.34. The normalized spacial score (nSPS) is 10.3. The molecule has 0 atom stereocenters. The Labute approximate surface area is 119 Å². The summed E-state index contributed by atoms with van der Waals surface area (Å²) in [5.41, 5.74) is 5.31. The van der Waals surface area contributed by atoms with Gasteiger partial charge in [-0.1, -0.05) is 5.21 Å². The molecule has 21 heavy (non-hydrogen) atoms. The predicted octanol–water partition coefficient (Wildman–Crippen LogP) is -0.107.